The molecule has 1 saturated heterocycles. The minimum Gasteiger partial charge on any atom is -0.496 e. The van der Waals surface area contributed by atoms with E-state index < -0.39 is 11.6 Å². The van der Waals surface area contributed by atoms with Gasteiger partial charge in [-0.1, -0.05) is 26.8 Å². The number of imide groups is 1. The molecule has 1 heterocycles. The summed E-state index contributed by atoms with van der Waals surface area (Å²) in [5.41, 5.74) is 0.569. The lowest BCUT2D eigenvalue weighted by Gasteiger charge is -2.27. The summed E-state index contributed by atoms with van der Waals surface area (Å²) in [6.07, 6.45) is 0. The van der Waals surface area contributed by atoms with E-state index in [0.717, 1.165) is 16.9 Å². The number of amides is 3. The van der Waals surface area contributed by atoms with Gasteiger partial charge in [-0.3, -0.25) is 10.1 Å². The van der Waals surface area contributed by atoms with Gasteiger partial charge in [0.1, 0.15) is 11.3 Å². The minimum absolute atomic E-state index is 0.128. The fourth-order valence-electron chi connectivity index (χ4n) is 2.35. The van der Waals surface area contributed by atoms with Gasteiger partial charge in [0, 0.05) is 0 Å². The fraction of sp³-hybridized carbons (Fsp3) is 0.467. The summed E-state index contributed by atoms with van der Waals surface area (Å²) >= 11 is 0. The molecule has 108 valence electrons. The lowest BCUT2D eigenvalue weighted by Crippen LogP contribution is -2.40. The van der Waals surface area contributed by atoms with E-state index in [1.165, 1.54) is 0 Å². The Bertz CT molecular complexity index is 575. The predicted molar refractivity (Wildman–Crippen MR) is 75.7 cm³/mol. The molecule has 2 rings (SSSR count). The van der Waals surface area contributed by atoms with Crippen LogP contribution in [0.3, 0.4) is 0 Å². The topological polar surface area (TPSA) is 67.4 Å². The van der Waals surface area contributed by atoms with Crippen LogP contribution < -0.4 is 15.4 Å². The Morgan fingerprint density at radius 2 is 1.85 bits per heavy atom. The van der Waals surface area contributed by atoms with Gasteiger partial charge in [-0.15, -0.1) is 0 Å². The molecule has 2 N–H and O–H groups in total. The van der Waals surface area contributed by atoms with Gasteiger partial charge in [0.05, 0.1) is 7.11 Å². The normalized spacial score (nSPS) is 22.4. The van der Waals surface area contributed by atoms with Crippen molar-refractivity contribution in [2.75, 3.05) is 7.11 Å². The van der Waals surface area contributed by atoms with E-state index in [4.69, 9.17) is 4.74 Å². The highest BCUT2D eigenvalue weighted by atomic mass is 16.5. The molecule has 1 aliphatic rings. The number of hydrogen-bond donors (Lipinski definition) is 2. The Morgan fingerprint density at radius 1 is 1.20 bits per heavy atom. The highest BCUT2D eigenvalue weighted by Crippen LogP contribution is 2.35. The molecule has 0 radical (unpaired) electrons. The molecule has 0 bridgehead atoms. The predicted octanol–water partition coefficient (Wildman–Crippen LogP) is 2.05. The molecule has 5 nitrogen and oxygen atoms in total. The molecular weight excluding hydrogens is 256 g/mol. The number of hydrogen-bond acceptors (Lipinski definition) is 3. The molecule has 1 atom stereocenters. The zero-order valence-corrected chi connectivity index (χ0v) is 12.5. The van der Waals surface area contributed by atoms with E-state index in [1.807, 2.05) is 12.1 Å². The Labute approximate surface area is 118 Å². The van der Waals surface area contributed by atoms with E-state index in [1.54, 1.807) is 20.1 Å². The van der Waals surface area contributed by atoms with Crippen molar-refractivity contribution in [3.05, 3.63) is 29.3 Å². The molecule has 1 aromatic rings. The maximum absolute atomic E-state index is 12.0. The largest absolute Gasteiger partial charge is 0.496 e. The fourth-order valence-corrected chi connectivity index (χ4v) is 2.35. The van der Waals surface area contributed by atoms with Crippen LogP contribution in [0.4, 0.5) is 4.79 Å². The first-order chi connectivity index (χ1) is 9.18. The van der Waals surface area contributed by atoms with Crippen molar-refractivity contribution in [2.45, 2.75) is 38.6 Å². The van der Waals surface area contributed by atoms with Gasteiger partial charge < -0.3 is 10.1 Å². The molecule has 1 aromatic carbocycles. The second-order valence-corrected chi connectivity index (χ2v) is 6.20. The van der Waals surface area contributed by atoms with Crippen molar-refractivity contribution < 1.29 is 14.3 Å². The SMILES string of the molecule is COc1ccc(C2(C)NC(=O)NC2=O)cc1C(C)(C)C. The zero-order chi connectivity index (χ0) is 15.1. The first kappa shape index (κ1) is 14.4. The van der Waals surface area contributed by atoms with Gasteiger partial charge in [-0.05, 0) is 35.6 Å². The summed E-state index contributed by atoms with van der Waals surface area (Å²) in [7, 11) is 1.62. The quantitative estimate of drug-likeness (QED) is 0.812. The number of ether oxygens (including phenoxy) is 1. The third-order valence-corrected chi connectivity index (χ3v) is 3.63. The van der Waals surface area contributed by atoms with Crippen LogP contribution in [0.5, 0.6) is 5.75 Å². The number of benzene rings is 1. The number of methoxy groups -OCH3 is 1. The molecule has 5 heteroatoms. The molecule has 0 aliphatic carbocycles. The van der Waals surface area contributed by atoms with Crippen molar-refractivity contribution in [1.82, 2.24) is 10.6 Å². The van der Waals surface area contributed by atoms with Crippen LogP contribution in [-0.4, -0.2) is 19.0 Å². The number of carbonyl (C=O) groups excluding carboxylic acids is 2. The van der Waals surface area contributed by atoms with E-state index in [-0.39, 0.29) is 11.3 Å². The lowest BCUT2D eigenvalue weighted by molar-refractivity contribution is -0.123. The average molecular weight is 276 g/mol. The smallest absolute Gasteiger partial charge is 0.322 e. The monoisotopic (exact) mass is 276 g/mol. The second kappa shape index (κ2) is 4.51. The summed E-state index contributed by atoms with van der Waals surface area (Å²) < 4.78 is 5.38. The van der Waals surface area contributed by atoms with E-state index in [2.05, 4.69) is 31.4 Å². The van der Waals surface area contributed by atoms with Crippen molar-refractivity contribution in [3.63, 3.8) is 0 Å². The summed E-state index contributed by atoms with van der Waals surface area (Å²) in [5.74, 6) is 0.433. The third kappa shape index (κ3) is 2.24. The maximum atomic E-state index is 12.0. The van der Waals surface area contributed by atoms with E-state index >= 15 is 0 Å². The van der Waals surface area contributed by atoms with Crippen LogP contribution >= 0.6 is 0 Å². The van der Waals surface area contributed by atoms with Gasteiger partial charge in [-0.2, -0.15) is 0 Å². The molecule has 1 aliphatic heterocycles. The molecule has 1 fully saturated rings. The van der Waals surface area contributed by atoms with Crippen LogP contribution in [0.1, 0.15) is 38.8 Å². The number of rotatable bonds is 2. The lowest BCUT2D eigenvalue weighted by atomic mass is 9.82. The Balaban J connectivity index is 2.55. The molecular formula is C15H20N2O3. The van der Waals surface area contributed by atoms with Crippen LogP contribution in [0, 0.1) is 0 Å². The maximum Gasteiger partial charge on any atom is 0.322 e. The van der Waals surface area contributed by atoms with Gasteiger partial charge in [0.2, 0.25) is 0 Å². The standard InChI is InChI=1S/C15H20N2O3/c1-14(2,3)10-8-9(6-7-11(10)20-5)15(4)12(18)16-13(19)17-15/h6-8H,1-5H3,(H2,16,17,18,19). The first-order valence-corrected chi connectivity index (χ1v) is 6.51. The molecule has 3 amide bonds. The second-order valence-electron chi connectivity index (χ2n) is 6.20. The molecule has 1 unspecified atom stereocenters. The van der Waals surface area contributed by atoms with Crippen LogP contribution in [0.15, 0.2) is 18.2 Å². The van der Waals surface area contributed by atoms with Gasteiger partial charge in [0.25, 0.3) is 5.91 Å². The van der Waals surface area contributed by atoms with Crippen LogP contribution in [0.2, 0.25) is 0 Å². The Kier molecular flexibility index (Phi) is 3.24. The third-order valence-electron chi connectivity index (χ3n) is 3.63. The van der Waals surface area contributed by atoms with Gasteiger partial charge in [0.15, 0.2) is 0 Å². The highest BCUT2D eigenvalue weighted by molar-refractivity contribution is 6.07. The van der Waals surface area contributed by atoms with Crippen molar-refractivity contribution in [2.24, 2.45) is 0 Å². The van der Waals surface area contributed by atoms with Crippen molar-refractivity contribution >= 4 is 11.9 Å². The molecule has 0 spiro atoms. The van der Waals surface area contributed by atoms with E-state index in [0.29, 0.717) is 0 Å². The summed E-state index contributed by atoms with van der Waals surface area (Å²) in [5, 5.41) is 4.94. The number of carbonyl (C=O) groups is 2. The highest BCUT2D eigenvalue weighted by Gasteiger charge is 2.43. The first-order valence-electron chi connectivity index (χ1n) is 6.51. The van der Waals surface area contributed by atoms with Crippen LogP contribution in [0.25, 0.3) is 0 Å². The number of nitrogens with one attached hydrogen (secondary N) is 2. The van der Waals surface area contributed by atoms with Crippen molar-refractivity contribution in [3.8, 4) is 5.75 Å². The Hall–Kier alpha value is -2.04. The molecule has 0 saturated carbocycles. The van der Waals surface area contributed by atoms with E-state index in [9.17, 15) is 9.59 Å². The minimum atomic E-state index is -1.04. The van der Waals surface area contributed by atoms with Crippen molar-refractivity contribution in [1.29, 1.82) is 0 Å². The summed E-state index contributed by atoms with van der Waals surface area (Å²) in [6, 6.07) is 5.09. The molecule has 20 heavy (non-hydrogen) atoms. The molecule has 0 aromatic heterocycles. The average Bonchev–Trinajstić information content (AvgIpc) is 2.62. The summed E-state index contributed by atoms with van der Waals surface area (Å²) in [4.78, 5) is 23.4. The van der Waals surface area contributed by atoms with Gasteiger partial charge >= 0.3 is 6.03 Å². The summed E-state index contributed by atoms with van der Waals surface area (Å²) in [6.45, 7) is 7.92. The van der Waals surface area contributed by atoms with Gasteiger partial charge in [-0.25, -0.2) is 4.79 Å². The Morgan fingerprint density at radius 3 is 2.30 bits per heavy atom. The number of urea groups is 1. The zero-order valence-electron chi connectivity index (χ0n) is 12.5. The van der Waals surface area contributed by atoms with Crippen LogP contribution in [-0.2, 0) is 15.7 Å².